The minimum Gasteiger partial charge on any atom is -0.494 e. The number of carbonyl (C=O) groups excluding carboxylic acids is 1. The summed E-state index contributed by atoms with van der Waals surface area (Å²) in [5.74, 6) is 3.28. The highest BCUT2D eigenvalue weighted by molar-refractivity contribution is 6.04. The van der Waals surface area contributed by atoms with E-state index in [4.69, 9.17) is 4.74 Å². The van der Waals surface area contributed by atoms with Crippen molar-refractivity contribution in [2.45, 2.75) is 63.7 Å². The molecule has 4 aliphatic carbocycles. The summed E-state index contributed by atoms with van der Waals surface area (Å²) in [6, 6.07) is 15.3. The van der Waals surface area contributed by atoms with Crippen LogP contribution in [0.15, 0.2) is 54.7 Å². The first kappa shape index (κ1) is 22.3. The van der Waals surface area contributed by atoms with Gasteiger partial charge in [0.25, 0.3) is 5.91 Å². The molecular weight excluding hydrogens is 436 g/mol. The molecule has 6 heteroatoms. The first-order chi connectivity index (χ1) is 17.1. The van der Waals surface area contributed by atoms with Crippen molar-refractivity contribution in [1.29, 1.82) is 0 Å². The number of rotatable bonds is 8. The van der Waals surface area contributed by atoms with Crippen LogP contribution in [-0.2, 0) is 5.41 Å². The molecule has 0 saturated heterocycles. The third kappa shape index (κ3) is 4.35. The average molecular weight is 471 g/mol. The fourth-order valence-corrected chi connectivity index (χ4v) is 7.14. The molecular formula is C29H34N4O2. The predicted molar refractivity (Wildman–Crippen MR) is 136 cm³/mol. The third-order valence-corrected chi connectivity index (χ3v) is 8.38. The molecule has 6 nitrogen and oxygen atoms in total. The summed E-state index contributed by atoms with van der Waals surface area (Å²) in [6.45, 7) is 2.84. The van der Waals surface area contributed by atoms with E-state index in [9.17, 15) is 4.79 Å². The number of nitrogens with zero attached hydrogens (tertiary/aromatic N) is 3. The van der Waals surface area contributed by atoms with Gasteiger partial charge in [-0.05, 0) is 111 Å². The Labute approximate surface area is 207 Å². The van der Waals surface area contributed by atoms with Gasteiger partial charge in [0.2, 0.25) is 0 Å². The van der Waals surface area contributed by atoms with Crippen LogP contribution in [0.25, 0.3) is 5.69 Å². The number of hydrogen-bond acceptors (Lipinski definition) is 4. The van der Waals surface area contributed by atoms with E-state index in [0.717, 1.165) is 47.7 Å². The normalized spacial score (nSPS) is 26.6. The summed E-state index contributed by atoms with van der Waals surface area (Å²) < 4.78 is 7.73. The number of anilines is 1. The summed E-state index contributed by atoms with van der Waals surface area (Å²) >= 11 is 0. The molecule has 0 unspecified atom stereocenters. The van der Waals surface area contributed by atoms with Crippen LogP contribution in [0.4, 0.5) is 5.69 Å². The largest absolute Gasteiger partial charge is 0.494 e. The number of nitrogens with one attached hydrogen (secondary N) is 1. The van der Waals surface area contributed by atoms with Crippen molar-refractivity contribution in [2.24, 2.45) is 17.8 Å². The zero-order chi connectivity index (χ0) is 23.8. The van der Waals surface area contributed by atoms with Crippen LogP contribution in [0, 0.1) is 17.8 Å². The third-order valence-electron chi connectivity index (χ3n) is 8.38. The highest BCUT2D eigenvalue weighted by atomic mass is 16.5. The summed E-state index contributed by atoms with van der Waals surface area (Å²) in [4.78, 5) is 12.7. The highest BCUT2D eigenvalue weighted by Crippen LogP contribution is 2.60. The summed E-state index contributed by atoms with van der Waals surface area (Å²) in [6.07, 6.45) is 12.2. The second-order valence-electron chi connectivity index (χ2n) is 11.0. The van der Waals surface area contributed by atoms with E-state index in [2.05, 4.69) is 22.6 Å². The van der Waals surface area contributed by atoms with Gasteiger partial charge in [-0.3, -0.25) is 4.79 Å². The SMILES string of the molecule is CCCCOc1ccc(C(=O)Nc2ccc(-n3nncc3C34CC5CC(CC(C5)C3)C4)cc2)cc1. The van der Waals surface area contributed by atoms with Crippen LogP contribution in [0.5, 0.6) is 5.75 Å². The number of benzene rings is 2. The standard InChI is InChI=1S/C29H34N4O2/c1-2-3-12-35-26-10-4-23(5-11-26)28(34)31-24-6-8-25(9-7-24)33-27(19-30-32-33)29-16-20-13-21(17-29)15-22(14-20)18-29/h4-11,19-22H,2-3,12-18H2,1H3,(H,31,34). The fourth-order valence-electron chi connectivity index (χ4n) is 7.14. The van der Waals surface area contributed by atoms with Crippen LogP contribution in [-0.4, -0.2) is 27.5 Å². The molecule has 0 atom stereocenters. The number of aromatic nitrogens is 3. The maximum absolute atomic E-state index is 12.7. The molecule has 4 bridgehead atoms. The molecule has 4 aliphatic rings. The lowest BCUT2D eigenvalue weighted by molar-refractivity contribution is -0.00828. The Bertz CT molecular complexity index is 1150. The van der Waals surface area contributed by atoms with Gasteiger partial charge in [-0.15, -0.1) is 5.10 Å². The lowest BCUT2D eigenvalue weighted by Gasteiger charge is -2.56. The molecule has 0 aliphatic heterocycles. The van der Waals surface area contributed by atoms with Crippen LogP contribution >= 0.6 is 0 Å². The van der Waals surface area contributed by atoms with E-state index in [0.29, 0.717) is 12.2 Å². The van der Waals surface area contributed by atoms with Crippen molar-refractivity contribution in [1.82, 2.24) is 15.0 Å². The van der Waals surface area contributed by atoms with E-state index in [1.54, 1.807) is 12.1 Å². The molecule has 35 heavy (non-hydrogen) atoms. The number of hydrogen-bond donors (Lipinski definition) is 1. The van der Waals surface area contributed by atoms with Gasteiger partial charge in [-0.1, -0.05) is 18.6 Å². The van der Waals surface area contributed by atoms with Gasteiger partial charge in [0.15, 0.2) is 0 Å². The zero-order valence-corrected chi connectivity index (χ0v) is 20.5. The average Bonchev–Trinajstić information content (AvgIpc) is 3.35. The lowest BCUT2D eigenvalue weighted by atomic mass is 9.49. The molecule has 3 aromatic rings. The van der Waals surface area contributed by atoms with Crippen LogP contribution < -0.4 is 10.1 Å². The highest BCUT2D eigenvalue weighted by Gasteiger charge is 2.53. The Morgan fingerprint density at radius 3 is 2.29 bits per heavy atom. The first-order valence-electron chi connectivity index (χ1n) is 13.2. The second-order valence-corrected chi connectivity index (χ2v) is 11.0. The van der Waals surface area contributed by atoms with E-state index < -0.39 is 0 Å². The van der Waals surface area contributed by atoms with Gasteiger partial charge >= 0.3 is 0 Å². The molecule has 1 N–H and O–H groups in total. The van der Waals surface area contributed by atoms with Crippen molar-refractivity contribution in [3.8, 4) is 11.4 Å². The molecule has 4 fully saturated rings. The Morgan fingerprint density at radius 2 is 1.66 bits per heavy atom. The number of carbonyl (C=O) groups is 1. The molecule has 2 aromatic carbocycles. The quantitative estimate of drug-likeness (QED) is 0.400. The van der Waals surface area contributed by atoms with Crippen molar-refractivity contribution in [2.75, 3.05) is 11.9 Å². The van der Waals surface area contributed by atoms with Crippen molar-refractivity contribution >= 4 is 11.6 Å². The summed E-state index contributed by atoms with van der Waals surface area (Å²) in [5.41, 5.74) is 3.88. The lowest BCUT2D eigenvalue weighted by Crippen LogP contribution is -2.49. The topological polar surface area (TPSA) is 69.0 Å². The second kappa shape index (κ2) is 9.14. The number of ether oxygens (including phenoxy) is 1. The van der Waals surface area contributed by atoms with E-state index in [1.807, 2.05) is 47.3 Å². The Morgan fingerprint density at radius 1 is 1.00 bits per heavy atom. The van der Waals surface area contributed by atoms with Crippen LogP contribution in [0.3, 0.4) is 0 Å². The molecule has 1 amide bonds. The Hall–Kier alpha value is -3.15. The number of amides is 1. The Kier molecular flexibility index (Phi) is 5.83. The first-order valence-corrected chi connectivity index (χ1v) is 13.2. The minimum atomic E-state index is -0.132. The van der Waals surface area contributed by atoms with Gasteiger partial charge in [-0.25, -0.2) is 4.68 Å². The predicted octanol–water partition coefficient (Wildman–Crippen LogP) is 6.17. The molecule has 1 aromatic heterocycles. The Balaban J connectivity index is 1.14. The van der Waals surface area contributed by atoms with Crippen LogP contribution in [0.2, 0.25) is 0 Å². The van der Waals surface area contributed by atoms with Gasteiger partial charge in [-0.2, -0.15) is 0 Å². The van der Waals surface area contributed by atoms with Gasteiger partial charge in [0.05, 0.1) is 24.2 Å². The van der Waals surface area contributed by atoms with Crippen molar-refractivity contribution in [3.63, 3.8) is 0 Å². The van der Waals surface area contributed by atoms with E-state index >= 15 is 0 Å². The molecule has 4 saturated carbocycles. The maximum Gasteiger partial charge on any atom is 0.255 e. The minimum absolute atomic E-state index is 0.132. The molecule has 0 radical (unpaired) electrons. The zero-order valence-electron chi connectivity index (χ0n) is 20.5. The van der Waals surface area contributed by atoms with E-state index in [1.165, 1.54) is 44.2 Å². The smallest absolute Gasteiger partial charge is 0.255 e. The molecule has 1 heterocycles. The maximum atomic E-state index is 12.7. The van der Waals surface area contributed by atoms with Gasteiger partial charge < -0.3 is 10.1 Å². The fraction of sp³-hybridized carbons (Fsp3) is 0.483. The van der Waals surface area contributed by atoms with Crippen LogP contribution in [0.1, 0.15) is 74.3 Å². The van der Waals surface area contributed by atoms with E-state index in [-0.39, 0.29) is 11.3 Å². The summed E-state index contributed by atoms with van der Waals surface area (Å²) in [7, 11) is 0. The van der Waals surface area contributed by atoms with Gasteiger partial charge in [0, 0.05) is 16.7 Å². The molecule has 182 valence electrons. The summed E-state index contributed by atoms with van der Waals surface area (Å²) in [5, 5.41) is 11.8. The molecule has 0 spiro atoms. The number of unbranched alkanes of at least 4 members (excludes halogenated alkanes) is 1. The van der Waals surface area contributed by atoms with Gasteiger partial charge in [0.1, 0.15) is 5.75 Å². The monoisotopic (exact) mass is 470 g/mol. The van der Waals surface area contributed by atoms with Crippen molar-refractivity contribution < 1.29 is 9.53 Å². The van der Waals surface area contributed by atoms with Crippen molar-refractivity contribution in [3.05, 3.63) is 66.0 Å². The molecule has 7 rings (SSSR count).